The van der Waals surface area contributed by atoms with Gasteiger partial charge in [-0.3, -0.25) is 24.3 Å². The van der Waals surface area contributed by atoms with Crippen LogP contribution in [0.15, 0.2) is 74.6 Å². The van der Waals surface area contributed by atoms with Crippen LogP contribution in [0, 0.1) is 0 Å². The molecule has 0 saturated carbocycles. The Morgan fingerprint density at radius 3 is 2.79 bits per heavy atom. The van der Waals surface area contributed by atoms with Gasteiger partial charge < -0.3 is 4.42 Å². The topological polar surface area (TPSA) is 105 Å². The smallest absolute Gasteiger partial charge is 0.302 e. The molecule has 1 aliphatic heterocycles. The zero-order chi connectivity index (χ0) is 20.2. The van der Waals surface area contributed by atoms with E-state index in [1.807, 2.05) is 18.2 Å². The van der Waals surface area contributed by atoms with Crippen molar-refractivity contribution in [1.82, 2.24) is 5.27 Å². The molecule has 0 bridgehead atoms. The van der Waals surface area contributed by atoms with Gasteiger partial charge in [0, 0.05) is 6.08 Å². The molecule has 0 atom stereocenters. The van der Waals surface area contributed by atoms with E-state index < -0.39 is 0 Å². The molecule has 2 amide bonds. The molecule has 0 aliphatic carbocycles. The number of aryl methyl sites for hydroxylation is 1. The van der Waals surface area contributed by atoms with Crippen molar-refractivity contribution in [2.45, 2.75) is 0 Å². The first-order valence-corrected chi connectivity index (χ1v) is 9.57. The molecule has 146 valence electrons. The Kier molecular flexibility index (Phi) is 5.25. The highest BCUT2D eigenvalue weighted by molar-refractivity contribution is 8.14. The van der Waals surface area contributed by atoms with Crippen molar-refractivity contribution in [2.75, 3.05) is 16.0 Å². The summed E-state index contributed by atoms with van der Waals surface area (Å²) in [7, 11) is 1.68. The van der Waals surface area contributed by atoms with E-state index >= 15 is 0 Å². The number of carbonyl (C=O) groups excluding carboxylic acids is 2. The maximum Gasteiger partial charge on any atom is 0.302 e. The number of furan rings is 1. The molecule has 1 aliphatic rings. The zero-order valence-electron chi connectivity index (χ0n) is 15.3. The van der Waals surface area contributed by atoms with Crippen LogP contribution >= 0.6 is 11.8 Å². The van der Waals surface area contributed by atoms with Crippen molar-refractivity contribution in [1.29, 1.82) is 0 Å². The largest absolute Gasteiger partial charge is 0.465 e. The molecule has 3 heterocycles. The Bertz CT molecular complexity index is 1090. The van der Waals surface area contributed by atoms with E-state index in [4.69, 9.17) is 8.94 Å². The van der Waals surface area contributed by atoms with Crippen molar-refractivity contribution in [3.05, 3.63) is 66.4 Å². The van der Waals surface area contributed by atoms with Crippen molar-refractivity contribution in [3.63, 3.8) is 0 Å². The molecule has 0 fully saturated rings. The number of aliphatic imine (C=N–C) groups is 1. The maximum absolute atomic E-state index is 12.9. The van der Waals surface area contributed by atoms with Gasteiger partial charge in [-0.2, -0.15) is 0 Å². The van der Waals surface area contributed by atoms with E-state index in [0.29, 0.717) is 16.6 Å². The minimum atomic E-state index is -0.307. The Labute approximate surface area is 169 Å². The highest BCUT2D eigenvalue weighted by atomic mass is 32.2. The second-order valence-corrected chi connectivity index (χ2v) is 6.93. The molecule has 0 spiro atoms. The highest BCUT2D eigenvalue weighted by Gasteiger charge is 2.32. The third-order valence-electron chi connectivity index (χ3n) is 3.83. The quantitative estimate of drug-likeness (QED) is 0.511. The van der Waals surface area contributed by atoms with Gasteiger partial charge >= 0.3 is 5.88 Å². The number of aromatic nitrogens is 2. The fraction of sp³-hybridized carbons (Fsp3) is 0.105. The Morgan fingerprint density at radius 2 is 2.10 bits per heavy atom. The number of carbonyl (C=O) groups is 2. The van der Waals surface area contributed by atoms with Crippen molar-refractivity contribution in [3.8, 4) is 0 Å². The standard InChI is InChI=1S/C19H15N5O4S/c1-23-11-17(28-22-23)21-16(25)12-29-19-20-15(10-14-8-5-9-27-14)18(26)24(19)13-6-3-2-4-7-13/h2-11H,12H2,1H3/p+1/b15-10+. The number of hydrogen-bond donors (Lipinski definition) is 1. The van der Waals surface area contributed by atoms with E-state index in [1.165, 1.54) is 15.8 Å². The molecule has 0 unspecified atom stereocenters. The lowest BCUT2D eigenvalue weighted by molar-refractivity contribution is -0.739. The first kappa shape index (κ1) is 18.7. The molecule has 1 N–H and O–H groups in total. The number of anilines is 2. The normalized spacial score (nSPS) is 15.1. The number of para-hydroxylation sites is 1. The minimum Gasteiger partial charge on any atom is -0.465 e. The SMILES string of the molecule is C[n+]1cc(NC(=O)CSC2=N/C(=C/c3ccco3)C(=O)N2c2ccccc2)on1. The van der Waals surface area contributed by atoms with Gasteiger partial charge in [-0.05, 0) is 24.3 Å². The molecule has 1 aromatic carbocycles. The summed E-state index contributed by atoms with van der Waals surface area (Å²) in [6.45, 7) is 0. The van der Waals surface area contributed by atoms with Crippen LogP contribution in [0.4, 0.5) is 11.6 Å². The summed E-state index contributed by atoms with van der Waals surface area (Å²) in [4.78, 5) is 31.1. The van der Waals surface area contributed by atoms with Crippen LogP contribution in [0.3, 0.4) is 0 Å². The van der Waals surface area contributed by atoms with Crippen LogP contribution in [-0.2, 0) is 16.6 Å². The minimum absolute atomic E-state index is 0.0356. The number of thioether (sulfide) groups is 1. The lowest BCUT2D eigenvalue weighted by Gasteiger charge is -2.17. The Hall–Kier alpha value is -3.66. The molecule has 4 rings (SSSR count). The fourth-order valence-corrected chi connectivity index (χ4v) is 3.40. The summed E-state index contributed by atoms with van der Waals surface area (Å²) in [6.07, 6.45) is 4.63. The van der Waals surface area contributed by atoms with Crippen LogP contribution in [-0.4, -0.2) is 28.0 Å². The van der Waals surface area contributed by atoms with Gasteiger partial charge in [-0.25, -0.2) is 4.99 Å². The second kappa shape index (κ2) is 8.15. The number of benzene rings is 1. The molecular formula is C19H16N5O4S+. The predicted octanol–water partition coefficient (Wildman–Crippen LogP) is 2.21. The number of rotatable bonds is 5. The molecule has 29 heavy (non-hydrogen) atoms. The molecule has 0 saturated heterocycles. The maximum atomic E-state index is 12.9. The summed E-state index contributed by atoms with van der Waals surface area (Å²) in [6, 6.07) is 12.6. The third-order valence-corrected chi connectivity index (χ3v) is 4.77. The summed E-state index contributed by atoms with van der Waals surface area (Å²) >= 11 is 1.14. The fourth-order valence-electron chi connectivity index (χ4n) is 2.59. The van der Waals surface area contributed by atoms with Crippen LogP contribution < -0.4 is 14.9 Å². The molecule has 9 nitrogen and oxygen atoms in total. The van der Waals surface area contributed by atoms with Gasteiger partial charge in [0.25, 0.3) is 12.1 Å². The lowest BCUT2D eigenvalue weighted by atomic mass is 10.2. The molecule has 3 aromatic rings. The van der Waals surface area contributed by atoms with Crippen LogP contribution in [0.2, 0.25) is 0 Å². The van der Waals surface area contributed by atoms with Crippen LogP contribution in [0.5, 0.6) is 0 Å². The van der Waals surface area contributed by atoms with Crippen LogP contribution in [0.25, 0.3) is 6.08 Å². The number of amidine groups is 1. The predicted molar refractivity (Wildman–Crippen MR) is 107 cm³/mol. The zero-order valence-corrected chi connectivity index (χ0v) is 16.1. The van der Waals surface area contributed by atoms with Gasteiger partial charge in [-0.15, -0.1) is 0 Å². The average Bonchev–Trinajstić information content (AvgIpc) is 3.44. The first-order chi connectivity index (χ1) is 14.1. The summed E-state index contributed by atoms with van der Waals surface area (Å²) in [5.74, 6) is 0.192. The summed E-state index contributed by atoms with van der Waals surface area (Å²) < 4.78 is 11.7. The van der Waals surface area contributed by atoms with Gasteiger partial charge in [0.2, 0.25) is 5.91 Å². The number of amides is 2. The van der Waals surface area contributed by atoms with E-state index in [0.717, 1.165) is 11.8 Å². The van der Waals surface area contributed by atoms with Crippen molar-refractivity contribution in [2.24, 2.45) is 12.0 Å². The number of nitrogens with zero attached hydrogens (tertiary/aromatic N) is 4. The second-order valence-electron chi connectivity index (χ2n) is 5.99. The van der Waals surface area contributed by atoms with E-state index in [9.17, 15) is 9.59 Å². The monoisotopic (exact) mass is 410 g/mol. The molecule has 2 aromatic heterocycles. The first-order valence-electron chi connectivity index (χ1n) is 8.59. The summed E-state index contributed by atoms with van der Waals surface area (Å²) in [5.41, 5.74) is 0.892. The third kappa shape index (κ3) is 4.27. The van der Waals surface area contributed by atoms with Crippen molar-refractivity contribution < 1.29 is 23.2 Å². The van der Waals surface area contributed by atoms with Gasteiger partial charge in [-0.1, -0.05) is 34.6 Å². The number of hydrogen-bond acceptors (Lipinski definition) is 7. The highest BCUT2D eigenvalue weighted by Crippen LogP contribution is 2.29. The van der Waals surface area contributed by atoms with Gasteiger partial charge in [0.15, 0.2) is 17.5 Å². The Morgan fingerprint density at radius 1 is 1.28 bits per heavy atom. The van der Waals surface area contributed by atoms with Gasteiger partial charge in [0.1, 0.15) is 11.5 Å². The van der Waals surface area contributed by atoms with E-state index in [2.05, 4.69) is 15.6 Å². The molecular weight excluding hydrogens is 394 g/mol. The van der Waals surface area contributed by atoms with E-state index in [-0.39, 0.29) is 29.1 Å². The lowest BCUT2D eigenvalue weighted by Crippen LogP contribution is -2.31. The molecule has 0 radical (unpaired) electrons. The average molecular weight is 410 g/mol. The van der Waals surface area contributed by atoms with Crippen LogP contribution in [0.1, 0.15) is 5.76 Å². The number of nitrogens with one attached hydrogen (secondary N) is 1. The van der Waals surface area contributed by atoms with Crippen molar-refractivity contribution >= 4 is 46.4 Å². The summed E-state index contributed by atoms with van der Waals surface area (Å²) in [5, 5.41) is 6.64. The molecule has 10 heteroatoms. The van der Waals surface area contributed by atoms with Gasteiger partial charge in [0.05, 0.1) is 17.7 Å². The van der Waals surface area contributed by atoms with E-state index in [1.54, 1.807) is 43.6 Å². The Balaban J connectivity index is 1.54.